The zero-order valence-corrected chi connectivity index (χ0v) is 16.9. The Morgan fingerprint density at radius 3 is 2.47 bits per heavy atom. The van der Waals surface area contributed by atoms with E-state index in [4.69, 9.17) is 16.3 Å². The minimum absolute atomic E-state index is 0.0432. The molecule has 0 atom stereocenters. The lowest BCUT2D eigenvalue weighted by molar-refractivity contribution is -0.141. The van der Waals surface area contributed by atoms with Crippen LogP contribution in [0.15, 0.2) is 30.6 Å². The molecule has 1 heterocycles. The van der Waals surface area contributed by atoms with Gasteiger partial charge in [0, 0.05) is 17.1 Å². The Morgan fingerprint density at radius 1 is 1.20 bits per heavy atom. The molecule has 3 rings (SSSR count). The highest BCUT2D eigenvalue weighted by atomic mass is 35.5. The van der Waals surface area contributed by atoms with Gasteiger partial charge in [-0.3, -0.25) is 4.79 Å². The van der Waals surface area contributed by atoms with Gasteiger partial charge in [-0.25, -0.2) is 14.4 Å². The zero-order chi connectivity index (χ0) is 22.2. The van der Waals surface area contributed by atoms with Crippen LogP contribution in [0, 0.1) is 5.82 Å². The summed E-state index contributed by atoms with van der Waals surface area (Å²) in [6.07, 6.45) is -1.84. The molecule has 1 aliphatic carbocycles. The average molecular weight is 447 g/mol. The smallest absolute Gasteiger partial charge is 0.434 e. The lowest BCUT2D eigenvalue weighted by atomic mass is 9.64. The van der Waals surface area contributed by atoms with Crippen LogP contribution in [-0.4, -0.2) is 33.6 Å². The van der Waals surface area contributed by atoms with Gasteiger partial charge in [0.2, 0.25) is 0 Å². The van der Waals surface area contributed by atoms with Crippen molar-refractivity contribution in [1.82, 2.24) is 15.3 Å². The monoisotopic (exact) mass is 446 g/mol. The summed E-state index contributed by atoms with van der Waals surface area (Å²) in [5.41, 5.74) is -2.08. The molecular formula is C19H19ClF4N4O2. The van der Waals surface area contributed by atoms with Gasteiger partial charge in [0.25, 0.3) is 5.91 Å². The number of aromatic nitrogens is 2. The second kappa shape index (κ2) is 7.90. The van der Waals surface area contributed by atoms with Crippen LogP contribution in [0.4, 0.5) is 23.4 Å². The molecular weight excluding hydrogens is 428 g/mol. The summed E-state index contributed by atoms with van der Waals surface area (Å²) in [4.78, 5) is 19.3. The minimum atomic E-state index is -4.55. The molecule has 0 radical (unpaired) electrons. The van der Waals surface area contributed by atoms with Crippen LogP contribution in [0.2, 0.25) is 5.02 Å². The Bertz CT molecular complexity index is 931. The van der Waals surface area contributed by atoms with Crippen molar-refractivity contribution in [3.63, 3.8) is 0 Å². The Kier molecular flexibility index (Phi) is 5.81. The van der Waals surface area contributed by atoms with E-state index in [-0.39, 0.29) is 29.1 Å². The molecule has 1 aliphatic rings. The third kappa shape index (κ3) is 5.29. The molecule has 0 unspecified atom stereocenters. The molecule has 1 amide bonds. The van der Waals surface area contributed by atoms with E-state index in [1.165, 1.54) is 12.1 Å². The number of halogens is 5. The number of nitrogens with one attached hydrogen (secondary N) is 2. The molecule has 30 heavy (non-hydrogen) atoms. The number of hydrogen-bond donors (Lipinski definition) is 2. The molecule has 1 saturated carbocycles. The summed E-state index contributed by atoms with van der Waals surface area (Å²) in [6, 6.07) is 3.88. The Balaban J connectivity index is 1.49. The molecule has 2 N–H and O–H groups in total. The quantitative estimate of drug-likeness (QED) is 0.650. The Morgan fingerprint density at radius 2 is 1.90 bits per heavy atom. The summed E-state index contributed by atoms with van der Waals surface area (Å²) in [5.74, 6) is -0.636. The van der Waals surface area contributed by atoms with Gasteiger partial charge in [-0.2, -0.15) is 13.2 Å². The number of nitrogens with zero attached hydrogens (tertiary/aromatic N) is 2. The first-order chi connectivity index (χ1) is 13.9. The fraction of sp³-hybridized carbons (Fsp3) is 0.421. The van der Waals surface area contributed by atoms with Crippen LogP contribution in [0.1, 0.15) is 32.4 Å². The van der Waals surface area contributed by atoms with E-state index < -0.39 is 28.8 Å². The number of carbonyl (C=O) groups is 1. The van der Waals surface area contributed by atoms with Gasteiger partial charge in [-0.1, -0.05) is 11.6 Å². The van der Waals surface area contributed by atoms with Gasteiger partial charge in [-0.05, 0) is 38.8 Å². The molecule has 0 spiro atoms. The second-order valence-corrected chi connectivity index (χ2v) is 8.20. The van der Waals surface area contributed by atoms with Gasteiger partial charge in [0.1, 0.15) is 17.4 Å². The van der Waals surface area contributed by atoms with Crippen molar-refractivity contribution in [2.24, 2.45) is 0 Å². The van der Waals surface area contributed by atoms with Crippen LogP contribution in [0.25, 0.3) is 0 Å². The maximum atomic E-state index is 13.4. The van der Waals surface area contributed by atoms with Crippen LogP contribution < -0.4 is 15.4 Å². The molecule has 0 aliphatic heterocycles. The molecule has 0 bridgehead atoms. The van der Waals surface area contributed by atoms with Crippen molar-refractivity contribution >= 4 is 23.3 Å². The number of alkyl halides is 3. The van der Waals surface area contributed by atoms with Crippen molar-refractivity contribution < 1.29 is 27.1 Å². The third-order valence-electron chi connectivity index (χ3n) is 4.63. The Labute approximate surface area is 175 Å². The van der Waals surface area contributed by atoms with E-state index in [0.29, 0.717) is 19.0 Å². The predicted octanol–water partition coefficient (Wildman–Crippen LogP) is 4.21. The number of hydrogen-bond acceptors (Lipinski definition) is 5. The van der Waals surface area contributed by atoms with Crippen molar-refractivity contribution in [1.29, 1.82) is 0 Å². The lowest BCUT2D eigenvalue weighted by Gasteiger charge is -2.53. The van der Waals surface area contributed by atoms with E-state index in [1.807, 2.05) is 13.8 Å². The highest BCUT2D eigenvalue weighted by Crippen LogP contribution is 2.43. The third-order valence-corrected chi connectivity index (χ3v) is 4.94. The normalized spacial score (nSPS) is 23.4. The van der Waals surface area contributed by atoms with Gasteiger partial charge in [-0.15, -0.1) is 0 Å². The number of rotatable bonds is 6. The van der Waals surface area contributed by atoms with E-state index in [2.05, 4.69) is 20.6 Å². The molecule has 1 fully saturated rings. The summed E-state index contributed by atoms with van der Waals surface area (Å²) < 4.78 is 56.4. The zero-order valence-electron chi connectivity index (χ0n) is 16.1. The summed E-state index contributed by atoms with van der Waals surface area (Å²) in [7, 11) is 0. The van der Waals surface area contributed by atoms with E-state index in [1.54, 1.807) is 0 Å². The van der Waals surface area contributed by atoms with Gasteiger partial charge in [0.15, 0.2) is 12.3 Å². The first-order valence-electron chi connectivity index (χ1n) is 8.94. The number of carbonyl (C=O) groups excluding carboxylic acids is 1. The first kappa shape index (κ1) is 22.1. The van der Waals surface area contributed by atoms with Crippen molar-refractivity contribution in [2.75, 3.05) is 11.9 Å². The van der Waals surface area contributed by atoms with E-state index >= 15 is 0 Å². The van der Waals surface area contributed by atoms with Gasteiger partial charge in [0.05, 0.1) is 17.4 Å². The number of benzene rings is 1. The molecule has 0 saturated heterocycles. The van der Waals surface area contributed by atoms with Crippen LogP contribution in [0.3, 0.4) is 0 Å². The summed E-state index contributed by atoms with van der Waals surface area (Å²) in [5, 5.41) is 5.86. The Hall–Kier alpha value is -2.62. The van der Waals surface area contributed by atoms with Crippen molar-refractivity contribution in [3.05, 3.63) is 47.1 Å². The van der Waals surface area contributed by atoms with Crippen molar-refractivity contribution in [2.45, 2.75) is 43.9 Å². The summed E-state index contributed by atoms with van der Waals surface area (Å²) >= 11 is 5.60. The van der Waals surface area contributed by atoms with E-state index in [9.17, 15) is 22.4 Å². The van der Waals surface area contributed by atoms with Gasteiger partial charge >= 0.3 is 6.18 Å². The average Bonchev–Trinajstić information content (AvgIpc) is 2.61. The first-order valence-corrected chi connectivity index (χ1v) is 9.32. The van der Waals surface area contributed by atoms with Crippen LogP contribution in [-0.2, 0) is 11.0 Å². The fourth-order valence-electron chi connectivity index (χ4n) is 3.78. The molecule has 162 valence electrons. The maximum Gasteiger partial charge on any atom is 0.434 e. The van der Waals surface area contributed by atoms with Gasteiger partial charge < -0.3 is 15.4 Å². The second-order valence-electron chi connectivity index (χ2n) is 7.80. The molecule has 1 aromatic heterocycles. The minimum Gasteiger partial charge on any atom is -0.484 e. The van der Waals surface area contributed by atoms with Crippen LogP contribution >= 0.6 is 11.6 Å². The SMILES string of the molecule is CC1(NC(=O)COc2ccc(Cl)c(F)c2)CC(C)(Nc2cnc(C(F)(F)F)cn2)C1. The van der Waals surface area contributed by atoms with E-state index in [0.717, 1.165) is 12.3 Å². The topological polar surface area (TPSA) is 76.1 Å². The summed E-state index contributed by atoms with van der Waals surface area (Å²) in [6.45, 7) is 3.41. The number of amides is 1. The fourth-order valence-corrected chi connectivity index (χ4v) is 3.90. The maximum absolute atomic E-state index is 13.4. The molecule has 6 nitrogen and oxygen atoms in total. The molecule has 1 aromatic carbocycles. The largest absolute Gasteiger partial charge is 0.484 e. The standard InChI is InChI=1S/C19H19ClF4N4O2/c1-17(27-15-7-25-14(6-26-15)19(22,23)24)9-18(2,10-17)28-16(29)8-30-11-3-4-12(20)13(21)5-11/h3-7H,8-10H2,1-2H3,(H,26,27)(H,28,29). The number of anilines is 1. The highest BCUT2D eigenvalue weighted by Gasteiger charge is 2.50. The van der Waals surface area contributed by atoms with Crippen LogP contribution in [0.5, 0.6) is 5.75 Å². The lowest BCUT2D eigenvalue weighted by Crippen LogP contribution is -2.65. The molecule has 2 aromatic rings. The van der Waals surface area contributed by atoms with Crippen molar-refractivity contribution in [3.8, 4) is 5.75 Å². The highest BCUT2D eigenvalue weighted by molar-refractivity contribution is 6.30. The molecule has 11 heteroatoms. The predicted molar refractivity (Wildman–Crippen MR) is 102 cm³/mol. The number of ether oxygens (including phenoxy) is 1.